The number of ether oxygens (including phenoxy) is 1. The van der Waals surface area contributed by atoms with Crippen molar-refractivity contribution < 1.29 is 4.74 Å². The van der Waals surface area contributed by atoms with E-state index in [2.05, 4.69) is 41.9 Å². The van der Waals surface area contributed by atoms with E-state index in [4.69, 9.17) is 9.72 Å². The van der Waals surface area contributed by atoms with Crippen molar-refractivity contribution in [1.82, 2.24) is 10.3 Å². The van der Waals surface area contributed by atoms with Gasteiger partial charge < -0.3 is 10.1 Å². The minimum Gasteiger partial charge on any atom is -0.496 e. The van der Waals surface area contributed by atoms with Gasteiger partial charge in [-0.15, -0.1) is 22.7 Å². The third-order valence-corrected chi connectivity index (χ3v) is 5.43. The molecule has 0 saturated carbocycles. The molecular weight excluding hydrogens is 300 g/mol. The fourth-order valence-electron chi connectivity index (χ4n) is 2.33. The minimum absolute atomic E-state index is 0.296. The molecule has 0 aliphatic carbocycles. The van der Waals surface area contributed by atoms with Crippen LogP contribution in [0.3, 0.4) is 0 Å². The number of aromatic nitrogens is 1. The van der Waals surface area contributed by atoms with Gasteiger partial charge in [-0.2, -0.15) is 0 Å². The SMILES string of the molecule is CCNC(Cc1nc2ccccc2s1)c1cc(OC)cs1. The number of thiazole rings is 1. The maximum Gasteiger partial charge on any atom is 0.129 e. The molecule has 0 aliphatic rings. The minimum atomic E-state index is 0.296. The average Bonchev–Trinajstić information content (AvgIpc) is 3.12. The summed E-state index contributed by atoms with van der Waals surface area (Å²) in [7, 11) is 1.71. The molecule has 0 amide bonds. The molecule has 0 fully saturated rings. The molecule has 110 valence electrons. The lowest BCUT2D eigenvalue weighted by atomic mass is 10.1. The van der Waals surface area contributed by atoms with Crippen molar-refractivity contribution in [2.24, 2.45) is 0 Å². The molecule has 1 atom stereocenters. The normalized spacial score (nSPS) is 12.7. The van der Waals surface area contributed by atoms with E-state index in [-0.39, 0.29) is 0 Å². The maximum atomic E-state index is 5.29. The van der Waals surface area contributed by atoms with Crippen LogP contribution >= 0.6 is 22.7 Å². The predicted molar refractivity (Wildman–Crippen MR) is 90.6 cm³/mol. The molecule has 1 aromatic carbocycles. The first-order valence-corrected chi connectivity index (χ1v) is 8.70. The summed E-state index contributed by atoms with van der Waals surface area (Å²) in [6.07, 6.45) is 0.914. The zero-order valence-corrected chi connectivity index (χ0v) is 13.8. The summed E-state index contributed by atoms with van der Waals surface area (Å²) in [5, 5.41) is 6.78. The van der Waals surface area contributed by atoms with Gasteiger partial charge in [0.2, 0.25) is 0 Å². The fraction of sp³-hybridized carbons (Fsp3) is 0.312. The van der Waals surface area contributed by atoms with Gasteiger partial charge in [0.1, 0.15) is 5.75 Å². The third kappa shape index (κ3) is 3.26. The Morgan fingerprint density at radius 2 is 2.19 bits per heavy atom. The summed E-state index contributed by atoms with van der Waals surface area (Å²) in [5.41, 5.74) is 1.09. The highest BCUT2D eigenvalue weighted by Gasteiger charge is 2.16. The van der Waals surface area contributed by atoms with E-state index in [1.165, 1.54) is 14.6 Å². The Morgan fingerprint density at radius 3 is 2.90 bits per heavy atom. The number of likely N-dealkylation sites (N-methyl/N-ethyl adjacent to an activating group) is 1. The first-order valence-electron chi connectivity index (χ1n) is 7.00. The van der Waals surface area contributed by atoms with Crippen LogP contribution in [0.5, 0.6) is 5.75 Å². The summed E-state index contributed by atoms with van der Waals surface area (Å²) in [5.74, 6) is 0.933. The van der Waals surface area contributed by atoms with Crippen LogP contribution in [0.25, 0.3) is 10.2 Å². The summed E-state index contributed by atoms with van der Waals surface area (Å²) < 4.78 is 6.55. The largest absolute Gasteiger partial charge is 0.496 e. The zero-order chi connectivity index (χ0) is 14.7. The monoisotopic (exact) mass is 318 g/mol. The van der Waals surface area contributed by atoms with Gasteiger partial charge >= 0.3 is 0 Å². The van der Waals surface area contributed by atoms with Gasteiger partial charge in [-0.1, -0.05) is 19.1 Å². The number of hydrogen-bond donors (Lipinski definition) is 1. The second kappa shape index (κ2) is 6.56. The van der Waals surface area contributed by atoms with Crippen LogP contribution in [0, 0.1) is 0 Å². The predicted octanol–water partition coefficient (Wildman–Crippen LogP) is 4.26. The maximum absolute atomic E-state index is 5.29. The molecule has 0 spiro atoms. The van der Waals surface area contributed by atoms with E-state index in [0.29, 0.717) is 6.04 Å². The molecular formula is C16H18N2OS2. The summed E-state index contributed by atoms with van der Waals surface area (Å²) in [6.45, 7) is 3.08. The summed E-state index contributed by atoms with van der Waals surface area (Å²) >= 11 is 3.52. The third-order valence-electron chi connectivity index (χ3n) is 3.34. The van der Waals surface area contributed by atoms with Gasteiger partial charge in [0.15, 0.2) is 0 Å². The first kappa shape index (κ1) is 14.5. The Bertz CT molecular complexity index is 687. The molecule has 1 unspecified atom stereocenters. The van der Waals surface area contributed by atoms with Crippen molar-refractivity contribution in [3.63, 3.8) is 0 Å². The number of nitrogens with zero attached hydrogens (tertiary/aromatic N) is 1. The molecule has 0 bridgehead atoms. The number of methoxy groups -OCH3 is 1. The molecule has 0 aliphatic heterocycles. The molecule has 0 saturated heterocycles. The number of thiophene rings is 1. The van der Waals surface area contributed by atoms with E-state index in [1.54, 1.807) is 29.8 Å². The smallest absolute Gasteiger partial charge is 0.129 e. The van der Waals surface area contributed by atoms with Gasteiger partial charge in [0, 0.05) is 22.7 Å². The van der Waals surface area contributed by atoms with Crippen molar-refractivity contribution in [3.8, 4) is 5.75 Å². The summed E-state index contributed by atoms with van der Waals surface area (Å²) in [4.78, 5) is 6.04. The van der Waals surface area contributed by atoms with Crippen molar-refractivity contribution in [3.05, 3.63) is 45.6 Å². The number of fused-ring (bicyclic) bond motifs is 1. The standard InChI is InChI=1S/C16H18N2OS2/c1-3-17-13(15-8-11(19-2)10-20-15)9-16-18-12-6-4-5-7-14(12)21-16/h4-8,10,13,17H,3,9H2,1-2H3. The molecule has 0 radical (unpaired) electrons. The first-order chi connectivity index (χ1) is 10.3. The van der Waals surface area contributed by atoms with Crippen LogP contribution in [-0.4, -0.2) is 18.6 Å². The van der Waals surface area contributed by atoms with Crippen molar-refractivity contribution in [2.45, 2.75) is 19.4 Å². The zero-order valence-electron chi connectivity index (χ0n) is 12.1. The topological polar surface area (TPSA) is 34.2 Å². The van der Waals surface area contributed by atoms with Gasteiger partial charge in [-0.3, -0.25) is 0 Å². The molecule has 21 heavy (non-hydrogen) atoms. The summed E-state index contributed by atoms with van der Waals surface area (Å²) in [6, 6.07) is 10.7. The van der Waals surface area contributed by atoms with Gasteiger partial charge in [0.25, 0.3) is 0 Å². The molecule has 3 rings (SSSR count). The van der Waals surface area contributed by atoms with Crippen LogP contribution in [0.2, 0.25) is 0 Å². The fourth-order valence-corrected chi connectivity index (χ4v) is 4.27. The number of nitrogens with one attached hydrogen (secondary N) is 1. The second-order valence-corrected chi connectivity index (χ2v) is 6.84. The molecule has 3 nitrogen and oxygen atoms in total. The second-order valence-electron chi connectivity index (χ2n) is 4.78. The number of benzene rings is 1. The molecule has 1 N–H and O–H groups in total. The Hall–Kier alpha value is -1.43. The Kier molecular flexibility index (Phi) is 4.53. The molecule has 3 aromatic rings. The molecule has 5 heteroatoms. The van der Waals surface area contributed by atoms with Crippen molar-refractivity contribution >= 4 is 32.9 Å². The highest BCUT2D eigenvalue weighted by atomic mass is 32.1. The number of rotatable bonds is 6. The van der Waals surface area contributed by atoms with Gasteiger partial charge in [-0.25, -0.2) is 4.98 Å². The van der Waals surface area contributed by atoms with Gasteiger partial charge in [0.05, 0.1) is 22.3 Å². The van der Waals surface area contributed by atoms with Crippen LogP contribution < -0.4 is 10.1 Å². The quantitative estimate of drug-likeness (QED) is 0.737. The highest BCUT2D eigenvalue weighted by Crippen LogP contribution is 2.31. The number of para-hydroxylation sites is 1. The molecule has 2 heterocycles. The van der Waals surface area contributed by atoms with E-state index < -0.39 is 0 Å². The van der Waals surface area contributed by atoms with E-state index in [9.17, 15) is 0 Å². The Morgan fingerprint density at radius 1 is 1.33 bits per heavy atom. The van der Waals surface area contributed by atoms with Crippen molar-refractivity contribution in [2.75, 3.05) is 13.7 Å². The highest BCUT2D eigenvalue weighted by molar-refractivity contribution is 7.18. The van der Waals surface area contributed by atoms with Crippen LogP contribution in [-0.2, 0) is 6.42 Å². The van der Waals surface area contributed by atoms with Crippen LogP contribution in [0.1, 0.15) is 22.9 Å². The van der Waals surface area contributed by atoms with Gasteiger partial charge in [-0.05, 0) is 24.7 Å². The Labute approximate surface area is 132 Å². The van der Waals surface area contributed by atoms with E-state index in [0.717, 1.165) is 24.2 Å². The van der Waals surface area contributed by atoms with Crippen LogP contribution in [0.15, 0.2) is 35.7 Å². The van der Waals surface area contributed by atoms with E-state index >= 15 is 0 Å². The molecule has 2 aromatic heterocycles. The Balaban J connectivity index is 1.83. The lowest BCUT2D eigenvalue weighted by Crippen LogP contribution is -2.22. The van der Waals surface area contributed by atoms with Crippen LogP contribution in [0.4, 0.5) is 0 Å². The number of hydrogen-bond acceptors (Lipinski definition) is 5. The van der Waals surface area contributed by atoms with Crippen molar-refractivity contribution in [1.29, 1.82) is 0 Å². The average molecular weight is 318 g/mol. The van der Waals surface area contributed by atoms with E-state index in [1.807, 2.05) is 6.07 Å². The lowest BCUT2D eigenvalue weighted by Gasteiger charge is -2.14. The lowest BCUT2D eigenvalue weighted by molar-refractivity contribution is 0.415.